The Morgan fingerprint density at radius 1 is 0.579 bits per heavy atom. The highest BCUT2D eigenvalue weighted by atomic mass is 16.5. The minimum Gasteiger partial charge on any atom is -0.497 e. The van der Waals surface area contributed by atoms with Crippen LogP contribution in [0.3, 0.4) is 0 Å². The van der Waals surface area contributed by atoms with E-state index < -0.39 is 0 Å². The Morgan fingerprint density at radius 2 is 1.05 bits per heavy atom. The first kappa shape index (κ1) is 27.7. The summed E-state index contributed by atoms with van der Waals surface area (Å²) in [6.07, 6.45) is 5.28. The fourth-order valence-electron chi connectivity index (χ4n) is 3.42. The summed E-state index contributed by atoms with van der Waals surface area (Å²) in [6, 6.07) is 27.0. The summed E-state index contributed by atoms with van der Waals surface area (Å²) in [7, 11) is 1.62. The third-order valence-corrected chi connectivity index (χ3v) is 5.46. The van der Waals surface area contributed by atoms with Crippen molar-refractivity contribution in [2.45, 2.75) is 20.8 Å². The summed E-state index contributed by atoms with van der Waals surface area (Å²) < 4.78 is 8.35. The van der Waals surface area contributed by atoms with Crippen molar-refractivity contribution in [1.29, 1.82) is 0 Å². The third-order valence-electron chi connectivity index (χ3n) is 5.46. The minimum absolute atomic E-state index is 0.00412. The number of ether oxygens (including phenoxy) is 1. The molecule has 0 atom stereocenters. The monoisotopic (exact) mass is 509 g/mol. The highest BCUT2D eigenvalue weighted by Crippen LogP contribution is 2.13. The van der Waals surface area contributed by atoms with Crippen LogP contribution in [0.15, 0.2) is 124 Å². The van der Waals surface area contributed by atoms with Gasteiger partial charge in [-0.3, -0.25) is 23.5 Å². The number of benzene rings is 2. The van der Waals surface area contributed by atoms with Gasteiger partial charge >= 0.3 is 0 Å². The molecule has 0 aliphatic carbocycles. The summed E-state index contributed by atoms with van der Waals surface area (Å²) in [5, 5.41) is 0. The van der Waals surface area contributed by atoms with Crippen molar-refractivity contribution in [3.63, 3.8) is 0 Å². The molecule has 0 radical (unpaired) electrons. The van der Waals surface area contributed by atoms with Crippen LogP contribution >= 0.6 is 0 Å². The minimum atomic E-state index is -0.0532. The molecule has 194 valence electrons. The Balaban J connectivity index is 0.000000169. The molecule has 38 heavy (non-hydrogen) atoms. The molecule has 0 saturated carbocycles. The molecule has 0 aliphatic rings. The van der Waals surface area contributed by atoms with Crippen LogP contribution in [0.25, 0.3) is 11.4 Å². The Hall–Kier alpha value is -4.91. The first-order valence-corrected chi connectivity index (χ1v) is 12.0. The lowest BCUT2D eigenvalue weighted by atomic mass is 10.2. The molecule has 7 nitrogen and oxygen atoms in total. The second-order valence-corrected chi connectivity index (χ2v) is 8.59. The summed E-state index contributed by atoms with van der Waals surface area (Å²) in [4.78, 5) is 36.0. The molecule has 0 saturated heterocycles. The van der Waals surface area contributed by atoms with Gasteiger partial charge in [0.25, 0.3) is 11.1 Å². The normalized spacial score (nSPS) is 9.89. The lowest BCUT2D eigenvalue weighted by Gasteiger charge is -2.07. The molecular formula is C31H31N3O4. The van der Waals surface area contributed by atoms with Gasteiger partial charge in [-0.05, 0) is 74.4 Å². The molecule has 1 N–H and O–H groups in total. The fraction of sp³-hybridized carbons (Fsp3) is 0.129. The van der Waals surface area contributed by atoms with Gasteiger partial charge in [-0.15, -0.1) is 0 Å². The zero-order valence-electron chi connectivity index (χ0n) is 21.9. The predicted octanol–water partition coefficient (Wildman–Crippen LogP) is 4.98. The lowest BCUT2D eigenvalue weighted by molar-refractivity contribution is 0.414. The molecule has 3 heterocycles. The molecule has 0 bridgehead atoms. The van der Waals surface area contributed by atoms with Crippen LogP contribution in [0.1, 0.15) is 16.7 Å². The molecule has 5 aromatic rings. The highest BCUT2D eigenvalue weighted by molar-refractivity contribution is 5.38. The first-order chi connectivity index (χ1) is 18.3. The van der Waals surface area contributed by atoms with E-state index in [9.17, 15) is 14.4 Å². The molecule has 5 rings (SSSR count). The van der Waals surface area contributed by atoms with Gasteiger partial charge < -0.3 is 9.72 Å². The van der Waals surface area contributed by atoms with E-state index >= 15 is 0 Å². The zero-order valence-corrected chi connectivity index (χ0v) is 21.9. The van der Waals surface area contributed by atoms with Crippen LogP contribution in [-0.4, -0.2) is 21.2 Å². The van der Waals surface area contributed by atoms with Crippen molar-refractivity contribution in [3.05, 3.63) is 157 Å². The smallest absolute Gasteiger partial charge is 0.255 e. The average Bonchev–Trinajstić information content (AvgIpc) is 2.93. The van der Waals surface area contributed by atoms with Gasteiger partial charge in [0.05, 0.1) is 7.11 Å². The maximum Gasteiger partial charge on any atom is 0.255 e. The van der Waals surface area contributed by atoms with Crippen molar-refractivity contribution in [3.8, 4) is 17.1 Å². The maximum absolute atomic E-state index is 11.7. The van der Waals surface area contributed by atoms with Crippen LogP contribution in [-0.2, 0) is 0 Å². The Labute approximate surface area is 221 Å². The van der Waals surface area contributed by atoms with Crippen LogP contribution in [0.5, 0.6) is 5.75 Å². The van der Waals surface area contributed by atoms with Crippen molar-refractivity contribution in [2.24, 2.45) is 0 Å². The molecule has 0 unspecified atom stereocenters. The molecular weight excluding hydrogens is 478 g/mol. The van der Waals surface area contributed by atoms with Crippen LogP contribution in [0.4, 0.5) is 0 Å². The number of aromatic nitrogens is 3. The van der Waals surface area contributed by atoms with Gasteiger partial charge in [0.1, 0.15) is 5.75 Å². The standard InChI is InChI=1S/C13H13NO2.C13H13NO.C5H5NO/c1-10-3-8-13(15)14(9-10)11-4-6-12(16-2)7-5-11;1-10-3-6-12(7-4-10)14-9-11(2)5-8-13(14)15;7-5-3-1-2-4-6-5/h3-9H,1-2H3;3-9H,1-2H3;1-4H,(H,6,7). The number of pyridine rings is 3. The van der Waals surface area contributed by atoms with Crippen LogP contribution in [0.2, 0.25) is 0 Å². The SMILES string of the molecule is COc1ccc(-n2cc(C)ccc2=O)cc1.Cc1ccc(-n2cc(C)ccc2=O)cc1.O=c1cccc[nH]1. The number of nitrogens with one attached hydrogen (secondary N) is 1. The largest absolute Gasteiger partial charge is 0.497 e. The van der Waals surface area contributed by atoms with Crippen molar-refractivity contribution >= 4 is 0 Å². The van der Waals surface area contributed by atoms with E-state index in [1.807, 2.05) is 93.8 Å². The number of nitrogens with zero attached hydrogens (tertiary/aromatic N) is 2. The van der Waals surface area contributed by atoms with Gasteiger partial charge in [-0.25, -0.2) is 0 Å². The Kier molecular flexibility index (Phi) is 9.77. The van der Waals surface area contributed by atoms with Gasteiger partial charge in [0.2, 0.25) is 5.56 Å². The van der Waals surface area contributed by atoms with E-state index in [1.165, 1.54) is 11.6 Å². The number of aryl methyl sites for hydroxylation is 3. The van der Waals surface area contributed by atoms with E-state index in [4.69, 9.17) is 4.74 Å². The Morgan fingerprint density at radius 3 is 1.45 bits per heavy atom. The maximum atomic E-state index is 11.7. The second kappa shape index (κ2) is 13.4. The summed E-state index contributed by atoms with van der Waals surface area (Å²) >= 11 is 0. The Bertz CT molecular complexity index is 1610. The van der Waals surface area contributed by atoms with E-state index in [-0.39, 0.29) is 16.7 Å². The van der Waals surface area contributed by atoms with Crippen LogP contribution in [0, 0.1) is 20.8 Å². The predicted molar refractivity (Wildman–Crippen MR) is 152 cm³/mol. The molecule has 0 amide bonds. The second-order valence-electron chi connectivity index (χ2n) is 8.59. The first-order valence-electron chi connectivity index (χ1n) is 12.0. The lowest BCUT2D eigenvalue weighted by Crippen LogP contribution is -2.16. The number of rotatable bonds is 3. The topological polar surface area (TPSA) is 86.1 Å². The van der Waals surface area contributed by atoms with Gasteiger partial charge in [0.15, 0.2) is 0 Å². The van der Waals surface area contributed by atoms with Crippen molar-refractivity contribution < 1.29 is 4.74 Å². The fourth-order valence-corrected chi connectivity index (χ4v) is 3.42. The number of hydrogen-bond acceptors (Lipinski definition) is 4. The number of aromatic amines is 1. The molecule has 7 heteroatoms. The van der Waals surface area contributed by atoms with Crippen molar-refractivity contribution in [2.75, 3.05) is 7.11 Å². The number of methoxy groups -OCH3 is 1. The van der Waals surface area contributed by atoms with E-state index in [0.717, 1.165) is 28.3 Å². The van der Waals surface area contributed by atoms with E-state index in [0.29, 0.717) is 0 Å². The highest BCUT2D eigenvalue weighted by Gasteiger charge is 2.00. The summed E-state index contributed by atoms with van der Waals surface area (Å²) in [5.74, 6) is 0.782. The molecule has 0 fully saturated rings. The zero-order chi connectivity index (χ0) is 27.5. The van der Waals surface area contributed by atoms with Gasteiger partial charge in [0, 0.05) is 48.2 Å². The third kappa shape index (κ3) is 8.06. The number of hydrogen-bond donors (Lipinski definition) is 1. The van der Waals surface area contributed by atoms with Crippen LogP contribution < -0.4 is 21.4 Å². The molecule has 0 spiro atoms. The summed E-state index contributed by atoms with van der Waals surface area (Å²) in [5.41, 5.74) is 5.00. The molecule has 0 aliphatic heterocycles. The van der Waals surface area contributed by atoms with Gasteiger partial charge in [-0.2, -0.15) is 0 Å². The van der Waals surface area contributed by atoms with Gasteiger partial charge in [-0.1, -0.05) is 35.9 Å². The molecule has 2 aromatic carbocycles. The van der Waals surface area contributed by atoms with Crippen molar-refractivity contribution in [1.82, 2.24) is 14.1 Å². The summed E-state index contributed by atoms with van der Waals surface area (Å²) in [6.45, 7) is 5.96. The van der Waals surface area contributed by atoms with E-state index in [2.05, 4.69) is 4.98 Å². The molecule has 3 aromatic heterocycles. The van der Waals surface area contributed by atoms with E-state index in [1.54, 1.807) is 46.7 Å². The average molecular weight is 510 g/mol. The number of H-pyrrole nitrogens is 1. The quantitative estimate of drug-likeness (QED) is 0.372.